The van der Waals surface area contributed by atoms with Crippen molar-refractivity contribution in [3.8, 4) is 16.9 Å². The Morgan fingerprint density at radius 1 is 1.20 bits per heavy atom. The molecule has 0 saturated carbocycles. The van der Waals surface area contributed by atoms with Crippen molar-refractivity contribution in [3.63, 3.8) is 0 Å². The maximum absolute atomic E-state index is 11.5. The van der Waals surface area contributed by atoms with Gasteiger partial charge in [0.2, 0.25) is 0 Å². The molecule has 20 heavy (non-hydrogen) atoms. The van der Waals surface area contributed by atoms with Crippen molar-refractivity contribution >= 4 is 5.69 Å². The second kappa shape index (κ2) is 5.69. The van der Waals surface area contributed by atoms with Gasteiger partial charge in [-0.2, -0.15) is 0 Å². The Kier molecular flexibility index (Phi) is 3.98. The van der Waals surface area contributed by atoms with Crippen LogP contribution in [-0.2, 0) is 0 Å². The Hall–Kier alpha value is -2.43. The van der Waals surface area contributed by atoms with Gasteiger partial charge in [-0.05, 0) is 50.1 Å². The summed E-state index contributed by atoms with van der Waals surface area (Å²) in [5.41, 5.74) is 2.18. The molecule has 2 rings (SSSR count). The van der Waals surface area contributed by atoms with Gasteiger partial charge in [0.1, 0.15) is 0 Å². The van der Waals surface area contributed by atoms with E-state index in [0.29, 0.717) is 11.3 Å². The molecule has 0 aliphatic rings. The Balaban J connectivity index is 2.69. The molecule has 5 nitrogen and oxygen atoms in total. The highest BCUT2D eigenvalue weighted by Gasteiger charge is 2.24. The van der Waals surface area contributed by atoms with Crippen LogP contribution in [0, 0.1) is 17.0 Å². The Labute approximate surface area is 117 Å². The molecule has 0 amide bonds. The van der Waals surface area contributed by atoms with Crippen LogP contribution in [0.3, 0.4) is 0 Å². The fraction of sp³-hybridized carbons (Fsp3) is 0.267. The van der Waals surface area contributed by atoms with Gasteiger partial charge < -0.3 is 4.74 Å². The summed E-state index contributed by atoms with van der Waals surface area (Å²) in [4.78, 5) is 15.0. The molecule has 0 N–H and O–H groups in total. The van der Waals surface area contributed by atoms with Gasteiger partial charge in [-0.15, -0.1) is 0 Å². The number of ether oxygens (including phenoxy) is 1. The summed E-state index contributed by atoms with van der Waals surface area (Å²) in [6.07, 6.45) is 3.12. The van der Waals surface area contributed by atoms with Crippen molar-refractivity contribution in [3.05, 3.63) is 52.3 Å². The van der Waals surface area contributed by atoms with E-state index in [1.807, 2.05) is 26.8 Å². The average Bonchev–Trinajstić information content (AvgIpc) is 2.40. The van der Waals surface area contributed by atoms with E-state index in [9.17, 15) is 10.1 Å². The smallest absolute Gasteiger partial charge is 0.318 e. The lowest BCUT2D eigenvalue weighted by molar-refractivity contribution is -0.385. The van der Waals surface area contributed by atoms with Gasteiger partial charge in [0.05, 0.1) is 16.6 Å². The number of aryl methyl sites for hydroxylation is 1. The molecular weight excluding hydrogens is 256 g/mol. The molecule has 0 fully saturated rings. The molecule has 1 aromatic heterocycles. The average molecular weight is 272 g/mol. The van der Waals surface area contributed by atoms with Crippen molar-refractivity contribution in [1.82, 2.24) is 4.98 Å². The van der Waals surface area contributed by atoms with Crippen LogP contribution < -0.4 is 4.74 Å². The minimum absolute atomic E-state index is 0.00454. The quantitative estimate of drug-likeness (QED) is 0.628. The second-order valence-electron chi connectivity index (χ2n) is 4.76. The van der Waals surface area contributed by atoms with Gasteiger partial charge in [-0.1, -0.05) is 6.07 Å². The molecule has 0 spiro atoms. The van der Waals surface area contributed by atoms with E-state index in [1.165, 1.54) is 0 Å². The SMILES string of the molecule is Cc1ccc(OC(C)C)c([N+](=O)[O-])c1-c1ccncc1. The van der Waals surface area contributed by atoms with Crippen LogP contribution >= 0.6 is 0 Å². The fourth-order valence-electron chi connectivity index (χ4n) is 2.09. The summed E-state index contributed by atoms with van der Waals surface area (Å²) in [7, 11) is 0. The van der Waals surface area contributed by atoms with Crippen LogP contribution in [0.2, 0.25) is 0 Å². The van der Waals surface area contributed by atoms with Crippen LogP contribution in [0.1, 0.15) is 19.4 Å². The highest BCUT2D eigenvalue weighted by atomic mass is 16.6. The lowest BCUT2D eigenvalue weighted by atomic mass is 9.99. The molecule has 0 aliphatic carbocycles. The number of nitrogens with zero attached hydrogens (tertiary/aromatic N) is 2. The number of nitro benzene ring substituents is 1. The third kappa shape index (κ3) is 2.77. The van der Waals surface area contributed by atoms with Crippen molar-refractivity contribution in [2.24, 2.45) is 0 Å². The number of pyridine rings is 1. The minimum Gasteiger partial charge on any atom is -0.484 e. The van der Waals surface area contributed by atoms with Gasteiger partial charge in [-0.3, -0.25) is 15.1 Å². The summed E-state index contributed by atoms with van der Waals surface area (Å²) < 4.78 is 5.57. The van der Waals surface area contributed by atoms with Crippen LogP contribution in [0.15, 0.2) is 36.7 Å². The predicted molar refractivity (Wildman–Crippen MR) is 76.8 cm³/mol. The number of hydrogen-bond donors (Lipinski definition) is 0. The number of rotatable bonds is 4. The molecule has 104 valence electrons. The zero-order valence-corrected chi connectivity index (χ0v) is 11.7. The maximum atomic E-state index is 11.5. The molecule has 0 bridgehead atoms. The fourth-order valence-corrected chi connectivity index (χ4v) is 2.09. The van der Waals surface area contributed by atoms with Crippen LogP contribution in [0.25, 0.3) is 11.1 Å². The zero-order valence-electron chi connectivity index (χ0n) is 11.7. The lowest BCUT2D eigenvalue weighted by Gasteiger charge is -2.14. The van der Waals surface area contributed by atoms with Crippen molar-refractivity contribution in [1.29, 1.82) is 0 Å². The predicted octanol–water partition coefficient (Wildman–Crippen LogP) is 3.75. The van der Waals surface area contributed by atoms with Crippen LogP contribution in [0.5, 0.6) is 5.75 Å². The van der Waals surface area contributed by atoms with E-state index in [4.69, 9.17) is 4.74 Å². The second-order valence-corrected chi connectivity index (χ2v) is 4.76. The first-order chi connectivity index (χ1) is 9.50. The first-order valence-electron chi connectivity index (χ1n) is 6.35. The first-order valence-corrected chi connectivity index (χ1v) is 6.35. The number of benzene rings is 1. The molecule has 0 atom stereocenters. The summed E-state index contributed by atoms with van der Waals surface area (Å²) in [6.45, 7) is 5.54. The van der Waals surface area contributed by atoms with Crippen molar-refractivity contribution in [2.45, 2.75) is 26.9 Å². The molecule has 0 aliphatic heterocycles. The molecular formula is C15H16N2O3. The van der Waals surface area contributed by atoms with E-state index >= 15 is 0 Å². The van der Waals surface area contributed by atoms with Gasteiger partial charge in [-0.25, -0.2) is 0 Å². The Bertz CT molecular complexity index is 625. The van der Waals surface area contributed by atoms with E-state index in [2.05, 4.69) is 4.98 Å². The van der Waals surface area contributed by atoms with Gasteiger partial charge in [0, 0.05) is 12.4 Å². The molecule has 2 aromatic rings. The molecule has 0 saturated heterocycles. The van der Waals surface area contributed by atoms with Gasteiger partial charge in [0.25, 0.3) is 0 Å². The van der Waals surface area contributed by atoms with Crippen molar-refractivity contribution < 1.29 is 9.66 Å². The number of aromatic nitrogens is 1. The summed E-state index contributed by atoms with van der Waals surface area (Å²) in [6, 6.07) is 7.00. The third-order valence-electron chi connectivity index (χ3n) is 2.86. The van der Waals surface area contributed by atoms with E-state index < -0.39 is 0 Å². The van der Waals surface area contributed by atoms with E-state index in [1.54, 1.807) is 30.6 Å². The molecule has 0 radical (unpaired) electrons. The minimum atomic E-state index is -0.388. The molecule has 0 unspecified atom stereocenters. The lowest BCUT2D eigenvalue weighted by Crippen LogP contribution is -2.08. The topological polar surface area (TPSA) is 65.3 Å². The number of hydrogen-bond acceptors (Lipinski definition) is 4. The monoisotopic (exact) mass is 272 g/mol. The molecule has 1 heterocycles. The summed E-state index contributed by atoms with van der Waals surface area (Å²) in [5, 5.41) is 11.5. The normalized spacial score (nSPS) is 10.6. The zero-order chi connectivity index (χ0) is 14.7. The largest absolute Gasteiger partial charge is 0.484 e. The number of nitro groups is 1. The first kappa shape index (κ1) is 14.0. The third-order valence-corrected chi connectivity index (χ3v) is 2.86. The van der Waals surface area contributed by atoms with Crippen molar-refractivity contribution in [2.75, 3.05) is 0 Å². The van der Waals surface area contributed by atoms with Gasteiger partial charge in [0.15, 0.2) is 5.75 Å². The van der Waals surface area contributed by atoms with E-state index in [0.717, 1.165) is 11.1 Å². The van der Waals surface area contributed by atoms with Gasteiger partial charge >= 0.3 is 5.69 Å². The summed E-state index contributed by atoms with van der Waals surface area (Å²) in [5.74, 6) is 0.294. The highest BCUT2D eigenvalue weighted by molar-refractivity contribution is 5.80. The Morgan fingerprint density at radius 3 is 2.40 bits per heavy atom. The molecule has 1 aromatic carbocycles. The standard InChI is InChI=1S/C15H16N2O3/c1-10(2)20-13-5-4-11(3)14(15(13)17(18)19)12-6-8-16-9-7-12/h4-10H,1-3H3. The summed E-state index contributed by atoms with van der Waals surface area (Å²) >= 11 is 0. The molecule has 5 heteroatoms. The Morgan fingerprint density at radius 2 is 1.85 bits per heavy atom. The van der Waals surface area contributed by atoms with Crippen LogP contribution in [-0.4, -0.2) is 16.0 Å². The van der Waals surface area contributed by atoms with E-state index in [-0.39, 0.29) is 16.7 Å². The maximum Gasteiger partial charge on any atom is 0.318 e. The highest BCUT2D eigenvalue weighted by Crippen LogP contribution is 2.40. The van der Waals surface area contributed by atoms with Crippen LogP contribution in [0.4, 0.5) is 5.69 Å².